The Hall–Kier alpha value is -3.15. The number of nitrogens with zero attached hydrogens (tertiary/aromatic N) is 3. The molecule has 0 fully saturated rings. The van der Waals surface area contributed by atoms with E-state index in [2.05, 4.69) is 48.3 Å². The normalized spacial score (nSPS) is 11.6. The fraction of sp³-hybridized carbons (Fsp3) is 0.318. The van der Waals surface area contributed by atoms with Crippen LogP contribution in [0.2, 0.25) is 0 Å². The predicted molar refractivity (Wildman–Crippen MR) is 111 cm³/mol. The van der Waals surface area contributed by atoms with Gasteiger partial charge in [0, 0.05) is 23.4 Å². The third kappa shape index (κ3) is 3.15. The lowest BCUT2D eigenvalue weighted by molar-refractivity contribution is -0.115. The molecular weight excluding hydrogens is 352 g/mol. The molecule has 28 heavy (non-hydrogen) atoms. The van der Waals surface area contributed by atoms with Gasteiger partial charge in [-0.05, 0) is 49.1 Å². The minimum Gasteiger partial charge on any atom is -0.464 e. The van der Waals surface area contributed by atoms with E-state index in [1.807, 2.05) is 20.0 Å². The Morgan fingerprint density at radius 3 is 2.75 bits per heavy atom. The van der Waals surface area contributed by atoms with Crippen molar-refractivity contribution in [3.8, 4) is 0 Å². The number of anilines is 1. The van der Waals surface area contributed by atoms with E-state index in [-0.39, 0.29) is 12.3 Å². The van der Waals surface area contributed by atoms with Crippen molar-refractivity contribution in [1.29, 1.82) is 0 Å². The zero-order valence-corrected chi connectivity index (χ0v) is 16.8. The average Bonchev–Trinajstić information content (AvgIpc) is 3.14. The molecule has 144 valence electrons. The number of benzene rings is 1. The van der Waals surface area contributed by atoms with Crippen molar-refractivity contribution in [2.45, 2.75) is 40.0 Å². The van der Waals surface area contributed by atoms with Gasteiger partial charge in [-0.2, -0.15) is 5.10 Å². The van der Waals surface area contributed by atoms with Gasteiger partial charge in [0.1, 0.15) is 5.58 Å². The van der Waals surface area contributed by atoms with Crippen LogP contribution in [-0.2, 0) is 18.3 Å². The third-order valence-corrected chi connectivity index (χ3v) is 5.16. The second-order valence-electron chi connectivity index (χ2n) is 7.65. The van der Waals surface area contributed by atoms with Gasteiger partial charge in [0.2, 0.25) is 5.91 Å². The van der Waals surface area contributed by atoms with Crippen LogP contribution in [0.25, 0.3) is 22.0 Å². The van der Waals surface area contributed by atoms with Crippen molar-refractivity contribution in [3.05, 3.63) is 53.0 Å². The largest absolute Gasteiger partial charge is 0.464 e. The lowest BCUT2D eigenvalue weighted by Gasteiger charge is -2.10. The number of carbonyl (C=O) groups is 1. The van der Waals surface area contributed by atoms with Crippen LogP contribution in [0.4, 0.5) is 5.69 Å². The molecule has 6 nitrogen and oxygen atoms in total. The Morgan fingerprint density at radius 2 is 2.00 bits per heavy atom. The highest BCUT2D eigenvalue weighted by Crippen LogP contribution is 2.29. The molecule has 4 rings (SSSR count). The van der Waals surface area contributed by atoms with Gasteiger partial charge < -0.3 is 9.73 Å². The summed E-state index contributed by atoms with van der Waals surface area (Å²) in [6.07, 6.45) is 3.59. The lowest BCUT2D eigenvalue weighted by atomic mass is 9.95. The first-order chi connectivity index (χ1) is 13.3. The van der Waals surface area contributed by atoms with Crippen LogP contribution in [-0.4, -0.2) is 20.7 Å². The number of aromatic nitrogens is 3. The molecule has 1 aromatic carbocycles. The van der Waals surface area contributed by atoms with Crippen molar-refractivity contribution in [2.24, 2.45) is 7.05 Å². The SMILES string of the molecule is Cc1cc2occ(CC(=O)Nc3cnc4c(c3)c(C)nn4C)c2cc1C(C)C. The van der Waals surface area contributed by atoms with E-state index in [9.17, 15) is 4.79 Å². The molecule has 0 aliphatic heterocycles. The summed E-state index contributed by atoms with van der Waals surface area (Å²) in [5.74, 6) is 0.318. The van der Waals surface area contributed by atoms with Crippen molar-refractivity contribution < 1.29 is 9.21 Å². The fourth-order valence-corrected chi connectivity index (χ4v) is 3.76. The molecule has 0 saturated carbocycles. The number of carbonyl (C=O) groups excluding carboxylic acids is 1. The van der Waals surface area contributed by atoms with Crippen LogP contribution in [0.15, 0.2) is 35.1 Å². The van der Waals surface area contributed by atoms with E-state index >= 15 is 0 Å². The van der Waals surface area contributed by atoms with Gasteiger partial charge in [0.05, 0.1) is 30.3 Å². The maximum absolute atomic E-state index is 12.6. The summed E-state index contributed by atoms with van der Waals surface area (Å²) in [5.41, 5.74) is 6.54. The Kier molecular flexibility index (Phi) is 4.41. The van der Waals surface area contributed by atoms with E-state index in [1.165, 1.54) is 11.1 Å². The van der Waals surface area contributed by atoms with E-state index in [4.69, 9.17) is 4.42 Å². The number of furan rings is 1. The minimum atomic E-state index is -0.0999. The van der Waals surface area contributed by atoms with Crippen molar-refractivity contribution in [1.82, 2.24) is 14.8 Å². The molecule has 0 saturated heterocycles. The van der Waals surface area contributed by atoms with Gasteiger partial charge in [-0.15, -0.1) is 0 Å². The van der Waals surface area contributed by atoms with Crippen LogP contribution in [0.1, 0.15) is 42.1 Å². The van der Waals surface area contributed by atoms with Gasteiger partial charge in [-0.1, -0.05) is 13.8 Å². The van der Waals surface area contributed by atoms with Crippen molar-refractivity contribution >= 4 is 33.6 Å². The zero-order chi connectivity index (χ0) is 20.0. The molecule has 0 unspecified atom stereocenters. The minimum absolute atomic E-state index is 0.0999. The summed E-state index contributed by atoms with van der Waals surface area (Å²) < 4.78 is 7.43. The highest BCUT2D eigenvalue weighted by atomic mass is 16.3. The van der Waals surface area contributed by atoms with E-state index in [0.29, 0.717) is 11.6 Å². The molecule has 0 atom stereocenters. The summed E-state index contributed by atoms with van der Waals surface area (Å²) >= 11 is 0. The Morgan fingerprint density at radius 1 is 1.21 bits per heavy atom. The Labute approximate surface area is 163 Å². The van der Waals surface area contributed by atoms with Crippen LogP contribution < -0.4 is 5.32 Å². The highest BCUT2D eigenvalue weighted by molar-refractivity contribution is 5.96. The predicted octanol–water partition coefficient (Wildman–Crippen LogP) is 4.64. The number of fused-ring (bicyclic) bond motifs is 2. The van der Waals surface area contributed by atoms with E-state index < -0.39 is 0 Å². The molecule has 0 aliphatic carbocycles. The van der Waals surface area contributed by atoms with E-state index in [1.54, 1.807) is 17.1 Å². The monoisotopic (exact) mass is 376 g/mol. The van der Waals surface area contributed by atoms with Gasteiger partial charge in [-0.3, -0.25) is 9.48 Å². The van der Waals surface area contributed by atoms with Crippen molar-refractivity contribution in [2.75, 3.05) is 5.32 Å². The first-order valence-corrected chi connectivity index (χ1v) is 9.43. The first kappa shape index (κ1) is 18.2. The highest BCUT2D eigenvalue weighted by Gasteiger charge is 2.15. The van der Waals surface area contributed by atoms with Crippen molar-refractivity contribution in [3.63, 3.8) is 0 Å². The Balaban J connectivity index is 1.58. The third-order valence-electron chi connectivity index (χ3n) is 5.16. The average molecular weight is 376 g/mol. The van der Waals surface area contributed by atoms with E-state index in [0.717, 1.165) is 33.3 Å². The second kappa shape index (κ2) is 6.78. The number of nitrogens with one attached hydrogen (secondary N) is 1. The molecule has 3 heterocycles. The molecule has 1 amide bonds. The van der Waals surface area contributed by atoms with Crippen LogP contribution >= 0.6 is 0 Å². The fourth-order valence-electron chi connectivity index (χ4n) is 3.76. The summed E-state index contributed by atoms with van der Waals surface area (Å²) in [5, 5.41) is 9.24. The van der Waals surface area contributed by atoms with Crippen LogP contribution in [0.3, 0.4) is 0 Å². The maximum atomic E-state index is 12.6. The summed E-state index contributed by atoms with van der Waals surface area (Å²) in [4.78, 5) is 17.0. The quantitative estimate of drug-likeness (QED) is 0.563. The molecule has 0 bridgehead atoms. The summed E-state index contributed by atoms with van der Waals surface area (Å²) in [6.45, 7) is 8.36. The molecule has 1 N–H and O–H groups in total. The number of amides is 1. The molecule has 0 aliphatic rings. The number of pyridine rings is 1. The summed E-state index contributed by atoms with van der Waals surface area (Å²) in [7, 11) is 1.86. The smallest absolute Gasteiger partial charge is 0.228 e. The topological polar surface area (TPSA) is 73.0 Å². The van der Waals surface area contributed by atoms with Gasteiger partial charge in [0.25, 0.3) is 0 Å². The molecule has 3 aromatic heterocycles. The first-order valence-electron chi connectivity index (χ1n) is 9.43. The molecule has 6 heteroatoms. The maximum Gasteiger partial charge on any atom is 0.228 e. The molecule has 4 aromatic rings. The number of hydrogen-bond acceptors (Lipinski definition) is 4. The summed E-state index contributed by atoms with van der Waals surface area (Å²) in [6, 6.07) is 6.11. The standard InChI is InChI=1S/C22H24N4O2/c1-12(2)17-9-19-15(11-28-20(19)6-13(17)3)7-21(27)24-16-8-18-14(4)25-26(5)22(18)23-10-16/h6,8-12H,7H2,1-5H3,(H,24,27). The van der Waals surface area contributed by atoms with Gasteiger partial charge in [0.15, 0.2) is 5.65 Å². The zero-order valence-electron chi connectivity index (χ0n) is 16.8. The molecular formula is C22H24N4O2. The second-order valence-corrected chi connectivity index (χ2v) is 7.65. The lowest BCUT2D eigenvalue weighted by Crippen LogP contribution is -2.14. The van der Waals surface area contributed by atoms with Gasteiger partial charge in [-0.25, -0.2) is 4.98 Å². The molecule has 0 radical (unpaired) electrons. The van der Waals surface area contributed by atoms with Crippen LogP contribution in [0, 0.1) is 13.8 Å². The number of rotatable bonds is 4. The number of aryl methyl sites for hydroxylation is 3. The van der Waals surface area contributed by atoms with Gasteiger partial charge >= 0.3 is 0 Å². The van der Waals surface area contributed by atoms with Crippen LogP contribution in [0.5, 0.6) is 0 Å². The number of hydrogen-bond donors (Lipinski definition) is 1. The Bertz CT molecular complexity index is 1200. The molecule has 0 spiro atoms.